The van der Waals surface area contributed by atoms with Gasteiger partial charge in [-0.3, -0.25) is 0 Å². The molecule has 0 bridgehead atoms. The molecular formula is C22H25FN2+2. The van der Waals surface area contributed by atoms with Crippen LogP contribution in [0.1, 0.15) is 11.1 Å². The number of rotatable bonds is 4. The number of benzene rings is 3. The maximum atomic E-state index is 13.3. The second-order valence-corrected chi connectivity index (χ2v) is 7.16. The van der Waals surface area contributed by atoms with E-state index in [0.29, 0.717) is 0 Å². The zero-order valence-electron chi connectivity index (χ0n) is 14.5. The van der Waals surface area contributed by atoms with E-state index in [1.54, 1.807) is 15.9 Å². The number of piperazine rings is 1. The van der Waals surface area contributed by atoms with Crippen molar-refractivity contribution in [3.05, 3.63) is 83.7 Å². The maximum Gasteiger partial charge on any atom is 0.127 e. The second-order valence-electron chi connectivity index (χ2n) is 7.16. The SMILES string of the molecule is Fc1cccc(C[NH+]2CC[NH+](Cc3ccc4ccccc4c3)CC2)c1. The molecular weight excluding hydrogens is 311 g/mol. The predicted octanol–water partition coefficient (Wildman–Crippen LogP) is 1.46. The first-order valence-electron chi connectivity index (χ1n) is 9.15. The topological polar surface area (TPSA) is 8.88 Å². The predicted molar refractivity (Wildman–Crippen MR) is 99.1 cm³/mol. The van der Waals surface area contributed by atoms with Crippen LogP contribution >= 0.6 is 0 Å². The van der Waals surface area contributed by atoms with Gasteiger partial charge in [-0.25, -0.2) is 4.39 Å². The van der Waals surface area contributed by atoms with E-state index in [-0.39, 0.29) is 5.82 Å². The third-order valence-electron chi connectivity index (χ3n) is 5.28. The smallest absolute Gasteiger partial charge is 0.127 e. The number of fused-ring (bicyclic) bond motifs is 1. The second kappa shape index (κ2) is 7.34. The highest BCUT2D eigenvalue weighted by Gasteiger charge is 2.23. The van der Waals surface area contributed by atoms with Crippen LogP contribution in [-0.2, 0) is 13.1 Å². The molecule has 25 heavy (non-hydrogen) atoms. The first-order valence-corrected chi connectivity index (χ1v) is 9.15. The minimum Gasteiger partial charge on any atom is -0.322 e. The Bertz CT molecular complexity index is 853. The molecule has 3 aromatic carbocycles. The summed E-state index contributed by atoms with van der Waals surface area (Å²) in [7, 11) is 0. The molecule has 1 heterocycles. The molecule has 0 unspecified atom stereocenters. The highest BCUT2D eigenvalue weighted by atomic mass is 19.1. The van der Waals surface area contributed by atoms with Gasteiger partial charge in [-0.05, 0) is 29.0 Å². The van der Waals surface area contributed by atoms with Crippen LogP contribution in [0.5, 0.6) is 0 Å². The van der Waals surface area contributed by atoms with Gasteiger partial charge in [-0.2, -0.15) is 0 Å². The van der Waals surface area contributed by atoms with Crippen LogP contribution in [0.15, 0.2) is 66.7 Å². The summed E-state index contributed by atoms with van der Waals surface area (Å²) < 4.78 is 13.3. The molecule has 0 aliphatic carbocycles. The summed E-state index contributed by atoms with van der Waals surface area (Å²) in [4.78, 5) is 3.21. The van der Waals surface area contributed by atoms with Gasteiger partial charge in [-0.1, -0.05) is 48.5 Å². The first-order chi connectivity index (χ1) is 12.3. The van der Waals surface area contributed by atoms with Gasteiger partial charge in [0.05, 0.1) is 0 Å². The molecule has 0 atom stereocenters. The molecule has 0 spiro atoms. The zero-order valence-corrected chi connectivity index (χ0v) is 14.5. The molecule has 1 aliphatic heterocycles. The lowest BCUT2D eigenvalue weighted by Gasteiger charge is -2.29. The van der Waals surface area contributed by atoms with Crippen molar-refractivity contribution in [3.63, 3.8) is 0 Å². The number of nitrogens with one attached hydrogen (secondary N) is 2. The lowest BCUT2D eigenvalue weighted by atomic mass is 10.1. The van der Waals surface area contributed by atoms with E-state index in [2.05, 4.69) is 42.5 Å². The van der Waals surface area contributed by atoms with Gasteiger partial charge < -0.3 is 9.80 Å². The van der Waals surface area contributed by atoms with Crippen LogP contribution in [0.2, 0.25) is 0 Å². The molecule has 0 amide bonds. The Hall–Kier alpha value is -2.23. The minimum atomic E-state index is -0.127. The van der Waals surface area contributed by atoms with Crippen molar-refractivity contribution in [1.29, 1.82) is 0 Å². The Morgan fingerprint density at radius 2 is 1.28 bits per heavy atom. The van der Waals surface area contributed by atoms with Crippen LogP contribution in [0, 0.1) is 5.82 Å². The molecule has 3 aromatic rings. The van der Waals surface area contributed by atoms with Crippen LogP contribution in [0.25, 0.3) is 10.8 Å². The lowest BCUT2D eigenvalue weighted by Crippen LogP contribution is -3.27. The van der Waals surface area contributed by atoms with Crippen molar-refractivity contribution in [2.45, 2.75) is 13.1 Å². The molecule has 0 radical (unpaired) electrons. The zero-order chi connectivity index (χ0) is 17.1. The fourth-order valence-corrected chi connectivity index (χ4v) is 3.88. The van der Waals surface area contributed by atoms with Gasteiger partial charge >= 0.3 is 0 Å². The van der Waals surface area contributed by atoms with Crippen molar-refractivity contribution in [3.8, 4) is 0 Å². The first kappa shape index (κ1) is 16.2. The van der Waals surface area contributed by atoms with Crippen LogP contribution < -0.4 is 9.80 Å². The molecule has 128 valence electrons. The maximum absolute atomic E-state index is 13.3. The fourth-order valence-electron chi connectivity index (χ4n) is 3.88. The van der Waals surface area contributed by atoms with Crippen LogP contribution in [-0.4, -0.2) is 26.2 Å². The molecule has 1 saturated heterocycles. The van der Waals surface area contributed by atoms with E-state index < -0.39 is 0 Å². The summed E-state index contributed by atoms with van der Waals surface area (Å²) in [5.74, 6) is -0.127. The molecule has 0 saturated carbocycles. The molecule has 1 aliphatic rings. The average molecular weight is 336 g/mol. The molecule has 2 nitrogen and oxygen atoms in total. The summed E-state index contributed by atoms with van der Waals surface area (Å²) in [6.45, 7) is 6.69. The van der Waals surface area contributed by atoms with Gasteiger partial charge in [0, 0.05) is 11.1 Å². The van der Waals surface area contributed by atoms with Crippen LogP contribution in [0.3, 0.4) is 0 Å². The van der Waals surface area contributed by atoms with E-state index in [1.807, 2.05) is 12.1 Å². The summed E-state index contributed by atoms with van der Waals surface area (Å²) in [6, 6.07) is 22.4. The van der Waals surface area contributed by atoms with Crippen LogP contribution in [0.4, 0.5) is 4.39 Å². The van der Waals surface area contributed by atoms with Crippen molar-refractivity contribution in [2.24, 2.45) is 0 Å². The molecule has 0 aromatic heterocycles. The van der Waals surface area contributed by atoms with Gasteiger partial charge in [0.15, 0.2) is 0 Å². The Morgan fingerprint density at radius 1 is 0.640 bits per heavy atom. The van der Waals surface area contributed by atoms with E-state index in [4.69, 9.17) is 0 Å². The summed E-state index contributed by atoms with van der Waals surface area (Å²) >= 11 is 0. The standard InChI is InChI=1S/C22H23FN2/c23-22-7-3-4-18(15-22)16-24-10-12-25(13-11-24)17-19-8-9-20-5-1-2-6-21(20)14-19/h1-9,14-15H,10-13,16-17H2/p+2. The van der Waals surface area contributed by atoms with Crippen molar-refractivity contribution < 1.29 is 14.2 Å². The van der Waals surface area contributed by atoms with Gasteiger partial charge in [0.25, 0.3) is 0 Å². The lowest BCUT2D eigenvalue weighted by molar-refractivity contribution is -1.02. The minimum absolute atomic E-state index is 0.127. The normalized spacial score (nSPS) is 20.7. The summed E-state index contributed by atoms with van der Waals surface area (Å²) in [6.07, 6.45) is 0. The third-order valence-corrected chi connectivity index (χ3v) is 5.28. The molecule has 1 fully saturated rings. The number of quaternary nitrogens is 2. The van der Waals surface area contributed by atoms with Crippen molar-refractivity contribution >= 4 is 10.8 Å². The highest BCUT2D eigenvalue weighted by Crippen LogP contribution is 2.15. The van der Waals surface area contributed by atoms with Gasteiger partial charge in [0.1, 0.15) is 45.1 Å². The van der Waals surface area contributed by atoms with Crippen molar-refractivity contribution in [1.82, 2.24) is 0 Å². The van der Waals surface area contributed by atoms with Gasteiger partial charge in [-0.15, -0.1) is 0 Å². The Balaban J connectivity index is 1.33. The fraction of sp³-hybridized carbons (Fsp3) is 0.273. The van der Waals surface area contributed by atoms with E-state index >= 15 is 0 Å². The van der Waals surface area contributed by atoms with E-state index in [1.165, 1.54) is 35.5 Å². The average Bonchev–Trinajstić information content (AvgIpc) is 2.63. The monoisotopic (exact) mass is 336 g/mol. The Labute approximate surface area is 148 Å². The third kappa shape index (κ3) is 4.06. The molecule has 4 rings (SSSR count). The van der Waals surface area contributed by atoms with Crippen molar-refractivity contribution in [2.75, 3.05) is 26.2 Å². The van der Waals surface area contributed by atoms with E-state index in [0.717, 1.165) is 31.7 Å². The number of halogens is 1. The molecule has 2 N–H and O–H groups in total. The molecule has 3 heteroatoms. The quantitative estimate of drug-likeness (QED) is 0.714. The number of hydrogen-bond donors (Lipinski definition) is 2. The Kier molecular flexibility index (Phi) is 4.77. The highest BCUT2D eigenvalue weighted by molar-refractivity contribution is 5.82. The Morgan fingerprint density at radius 3 is 1.96 bits per heavy atom. The van der Waals surface area contributed by atoms with Gasteiger partial charge in [0.2, 0.25) is 0 Å². The largest absolute Gasteiger partial charge is 0.322 e. The summed E-state index contributed by atoms with van der Waals surface area (Å²) in [5.41, 5.74) is 2.52. The summed E-state index contributed by atoms with van der Waals surface area (Å²) in [5, 5.41) is 2.64. The number of hydrogen-bond acceptors (Lipinski definition) is 0. The van der Waals surface area contributed by atoms with E-state index in [9.17, 15) is 4.39 Å².